The third-order valence-electron chi connectivity index (χ3n) is 4.57. The number of nitrogens with zero attached hydrogens (tertiary/aromatic N) is 3. The molecular formula is C17H17Cl2N5. The van der Waals surface area contributed by atoms with Crippen LogP contribution in [0.4, 0.5) is 0 Å². The summed E-state index contributed by atoms with van der Waals surface area (Å²) < 4.78 is 0. The highest BCUT2D eigenvalue weighted by molar-refractivity contribution is 6.42. The molecule has 1 atom stereocenters. The minimum atomic E-state index is 0.0332. The lowest BCUT2D eigenvalue weighted by Gasteiger charge is -2.35. The molecule has 0 saturated heterocycles. The normalized spacial score (nSPS) is 17.9. The van der Waals surface area contributed by atoms with Gasteiger partial charge in [-0.3, -0.25) is 4.90 Å². The van der Waals surface area contributed by atoms with Crippen molar-refractivity contribution in [2.45, 2.75) is 25.9 Å². The smallest absolute Gasteiger partial charge is 0.0926 e. The highest BCUT2D eigenvalue weighted by Gasteiger charge is 2.31. The molecule has 1 aliphatic heterocycles. The number of halogens is 2. The highest BCUT2D eigenvalue weighted by Crippen LogP contribution is 2.36. The molecule has 24 heavy (non-hydrogen) atoms. The van der Waals surface area contributed by atoms with Crippen LogP contribution in [-0.2, 0) is 13.0 Å². The predicted molar refractivity (Wildman–Crippen MR) is 94.3 cm³/mol. The number of hydrogen-bond donors (Lipinski definition) is 2. The van der Waals surface area contributed by atoms with Crippen LogP contribution >= 0.6 is 23.2 Å². The van der Waals surface area contributed by atoms with E-state index in [1.165, 1.54) is 5.69 Å². The first-order chi connectivity index (χ1) is 11.6. The molecule has 0 amide bonds. The van der Waals surface area contributed by atoms with E-state index in [4.69, 9.17) is 23.2 Å². The predicted octanol–water partition coefficient (Wildman–Crippen LogP) is 3.90. The summed E-state index contributed by atoms with van der Waals surface area (Å²) in [5.41, 5.74) is 5.47. The van der Waals surface area contributed by atoms with Crippen LogP contribution in [0.1, 0.15) is 34.4 Å². The summed E-state index contributed by atoms with van der Waals surface area (Å²) in [6.07, 6.45) is 4.44. The van der Waals surface area contributed by atoms with Crippen molar-refractivity contribution in [3.8, 4) is 0 Å². The maximum absolute atomic E-state index is 6.25. The van der Waals surface area contributed by atoms with Crippen LogP contribution in [0, 0.1) is 6.92 Å². The number of hydrogen-bond acceptors (Lipinski definition) is 3. The van der Waals surface area contributed by atoms with Gasteiger partial charge in [0.25, 0.3) is 0 Å². The molecule has 0 unspecified atom stereocenters. The van der Waals surface area contributed by atoms with Gasteiger partial charge in [-0.1, -0.05) is 29.3 Å². The highest BCUT2D eigenvalue weighted by atomic mass is 35.5. The molecule has 3 heterocycles. The number of nitrogens with one attached hydrogen (secondary N) is 2. The van der Waals surface area contributed by atoms with Gasteiger partial charge in [0.15, 0.2) is 0 Å². The summed E-state index contributed by atoms with van der Waals surface area (Å²) in [6, 6.07) is 5.83. The lowest BCUT2D eigenvalue weighted by molar-refractivity contribution is 0.198. The maximum Gasteiger partial charge on any atom is 0.0926 e. The minimum absolute atomic E-state index is 0.0332. The third kappa shape index (κ3) is 2.73. The topological polar surface area (TPSA) is 60.6 Å². The Bertz CT molecular complexity index is 870. The standard InChI is InChI=1S/C17H17Cl2N5/c1-10-15(22-8-20-10)7-24-5-4-14-16(23-9-21-14)17(24)11-2-3-12(18)13(19)6-11/h2-3,6,8-9,17H,4-5,7H2,1H3,(H,20,22)(H,21,23)/t17-/m1/s1. The Balaban J connectivity index is 1.75. The van der Waals surface area contributed by atoms with E-state index < -0.39 is 0 Å². The van der Waals surface area contributed by atoms with Gasteiger partial charge in [0.1, 0.15) is 0 Å². The van der Waals surface area contributed by atoms with E-state index in [1.54, 1.807) is 12.7 Å². The second-order valence-electron chi connectivity index (χ2n) is 6.04. The quantitative estimate of drug-likeness (QED) is 0.743. The van der Waals surface area contributed by atoms with Crippen LogP contribution < -0.4 is 0 Å². The molecule has 0 aliphatic carbocycles. The summed E-state index contributed by atoms with van der Waals surface area (Å²) in [4.78, 5) is 17.8. The van der Waals surface area contributed by atoms with Crippen molar-refractivity contribution in [1.82, 2.24) is 24.8 Å². The van der Waals surface area contributed by atoms with Gasteiger partial charge in [0, 0.05) is 30.9 Å². The van der Waals surface area contributed by atoms with E-state index in [0.717, 1.165) is 42.2 Å². The molecule has 0 fully saturated rings. The van der Waals surface area contributed by atoms with Crippen molar-refractivity contribution in [3.05, 3.63) is 69.2 Å². The minimum Gasteiger partial charge on any atom is -0.348 e. The first kappa shape index (κ1) is 15.7. The Kier molecular flexibility index (Phi) is 4.08. The Morgan fingerprint density at radius 3 is 2.75 bits per heavy atom. The molecule has 1 aliphatic rings. The lowest BCUT2D eigenvalue weighted by Crippen LogP contribution is -2.36. The maximum atomic E-state index is 6.25. The van der Waals surface area contributed by atoms with Gasteiger partial charge in [0.2, 0.25) is 0 Å². The molecule has 3 aromatic rings. The van der Waals surface area contributed by atoms with E-state index in [1.807, 2.05) is 25.1 Å². The van der Waals surface area contributed by atoms with Gasteiger partial charge in [-0.15, -0.1) is 0 Å². The lowest BCUT2D eigenvalue weighted by atomic mass is 9.95. The molecule has 4 rings (SSSR count). The van der Waals surface area contributed by atoms with E-state index in [2.05, 4.69) is 24.8 Å². The van der Waals surface area contributed by atoms with Crippen LogP contribution in [0.15, 0.2) is 30.9 Å². The van der Waals surface area contributed by atoms with Crippen molar-refractivity contribution in [1.29, 1.82) is 0 Å². The molecule has 0 spiro atoms. The molecule has 124 valence electrons. The van der Waals surface area contributed by atoms with Crippen molar-refractivity contribution in [2.75, 3.05) is 6.54 Å². The van der Waals surface area contributed by atoms with Crippen LogP contribution in [0.5, 0.6) is 0 Å². The number of rotatable bonds is 3. The average Bonchev–Trinajstić information content (AvgIpc) is 3.19. The number of H-pyrrole nitrogens is 2. The molecule has 2 aromatic heterocycles. The van der Waals surface area contributed by atoms with E-state index in [9.17, 15) is 0 Å². The number of benzene rings is 1. The van der Waals surface area contributed by atoms with Gasteiger partial charge in [-0.25, -0.2) is 9.97 Å². The summed E-state index contributed by atoms with van der Waals surface area (Å²) in [6.45, 7) is 3.72. The number of fused-ring (bicyclic) bond motifs is 1. The largest absolute Gasteiger partial charge is 0.348 e. The Hall–Kier alpha value is -1.82. The van der Waals surface area contributed by atoms with Crippen molar-refractivity contribution < 1.29 is 0 Å². The zero-order chi connectivity index (χ0) is 16.7. The number of aryl methyl sites for hydroxylation is 1. The summed E-state index contributed by atoms with van der Waals surface area (Å²) in [5, 5.41) is 1.13. The number of aromatic amines is 2. The zero-order valence-corrected chi connectivity index (χ0v) is 14.7. The molecule has 0 saturated carbocycles. The van der Waals surface area contributed by atoms with Gasteiger partial charge in [-0.2, -0.15) is 0 Å². The third-order valence-corrected chi connectivity index (χ3v) is 5.31. The average molecular weight is 362 g/mol. The monoisotopic (exact) mass is 361 g/mol. The van der Waals surface area contributed by atoms with Crippen LogP contribution in [0.25, 0.3) is 0 Å². The first-order valence-corrected chi connectivity index (χ1v) is 8.59. The Morgan fingerprint density at radius 1 is 1.17 bits per heavy atom. The Morgan fingerprint density at radius 2 is 2.00 bits per heavy atom. The second-order valence-corrected chi connectivity index (χ2v) is 6.85. The summed E-state index contributed by atoms with van der Waals surface area (Å²) >= 11 is 12.3. The Labute approximate surface area is 150 Å². The van der Waals surface area contributed by atoms with Gasteiger partial charge in [-0.05, 0) is 24.6 Å². The van der Waals surface area contributed by atoms with Crippen LogP contribution in [0.2, 0.25) is 10.0 Å². The SMILES string of the molecule is Cc1[nH]cnc1CN1CCc2[nH]cnc2[C@H]1c1ccc(Cl)c(Cl)c1. The van der Waals surface area contributed by atoms with Crippen molar-refractivity contribution in [3.63, 3.8) is 0 Å². The van der Waals surface area contributed by atoms with E-state index in [-0.39, 0.29) is 6.04 Å². The fourth-order valence-electron chi connectivity index (χ4n) is 3.29. The molecule has 5 nitrogen and oxygen atoms in total. The van der Waals surface area contributed by atoms with Crippen LogP contribution in [0.3, 0.4) is 0 Å². The number of aromatic nitrogens is 4. The summed E-state index contributed by atoms with van der Waals surface area (Å²) in [5.74, 6) is 0. The fraction of sp³-hybridized carbons (Fsp3) is 0.294. The molecule has 0 radical (unpaired) electrons. The molecule has 1 aromatic carbocycles. The van der Waals surface area contributed by atoms with Gasteiger partial charge < -0.3 is 9.97 Å². The molecular weight excluding hydrogens is 345 g/mol. The van der Waals surface area contributed by atoms with Crippen molar-refractivity contribution >= 4 is 23.2 Å². The van der Waals surface area contributed by atoms with E-state index >= 15 is 0 Å². The summed E-state index contributed by atoms with van der Waals surface area (Å²) in [7, 11) is 0. The van der Waals surface area contributed by atoms with Crippen molar-refractivity contribution in [2.24, 2.45) is 0 Å². The molecule has 0 bridgehead atoms. The molecule has 7 heteroatoms. The van der Waals surface area contributed by atoms with Gasteiger partial charge in [0.05, 0.1) is 40.1 Å². The fourth-order valence-corrected chi connectivity index (χ4v) is 3.59. The van der Waals surface area contributed by atoms with Crippen LogP contribution in [-0.4, -0.2) is 31.4 Å². The van der Waals surface area contributed by atoms with Gasteiger partial charge >= 0.3 is 0 Å². The van der Waals surface area contributed by atoms with E-state index in [0.29, 0.717) is 10.0 Å². The molecule has 2 N–H and O–H groups in total. The number of imidazole rings is 2. The first-order valence-electron chi connectivity index (χ1n) is 7.83. The second kappa shape index (κ2) is 6.24. The zero-order valence-electron chi connectivity index (χ0n) is 13.2.